The highest BCUT2D eigenvalue weighted by Crippen LogP contribution is 2.29. The number of hydrogen-bond acceptors (Lipinski definition) is 5. The van der Waals surface area contributed by atoms with Crippen LogP contribution in [0.3, 0.4) is 0 Å². The number of hydrogen-bond donors (Lipinski definition) is 3. The number of sulfonamides is 1. The van der Waals surface area contributed by atoms with Crippen LogP contribution in [-0.2, 0) is 15.8 Å². The minimum Gasteiger partial charge on any atom is -0.391 e. The molecule has 0 radical (unpaired) electrons. The van der Waals surface area contributed by atoms with Crippen molar-refractivity contribution in [2.45, 2.75) is 17.6 Å². The molecule has 136 valence electrons. The van der Waals surface area contributed by atoms with Gasteiger partial charge in [-0.3, -0.25) is 4.72 Å². The van der Waals surface area contributed by atoms with Gasteiger partial charge in [0.05, 0.1) is 35.0 Å². The molecule has 0 aliphatic heterocycles. The zero-order valence-electron chi connectivity index (χ0n) is 13.4. The van der Waals surface area contributed by atoms with E-state index >= 15 is 0 Å². The van der Waals surface area contributed by atoms with Crippen LogP contribution in [0.1, 0.15) is 12.5 Å². The van der Waals surface area contributed by atoms with Gasteiger partial charge in [-0.2, -0.15) is 10.4 Å². The average molecular weight is 381 g/mol. The Hall–Kier alpha value is -2.97. The maximum Gasteiger partial charge on any atom is 0.265 e. The number of fused-ring (bicyclic) bond motifs is 1. The Morgan fingerprint density at radius 3 is 2.88 bits per heavy atom. The Kier molecular flexibility index (Phi) is 4.17. The maximum absolute atomic E-state index is 14.0. The molecular weight excluding hydrogens is 368 g/mol. The highest BCUT2D eigenvalue weighted by molar-refractivity contribution is 7.92. The third-order valence-electron chi connectivity index (χ3n) is 3.78. The Morgan fingerprint density at radius 1 is 1.50 bits per heavy atom. The zero-order valence-corrected chi connectivity index (χ0v) is 14.2. The third kappa shape index (κ3) is 2.89. The number of nitrogens with zero attached hydrogens (tertiary/aromatic N) is 3. The molecule has 2 aromatic heterocycles. The summed E-state index contributed by atoms with van der Waals surface area (Å²) in [6.45, 7) is 0.148. The van der Waals surface area contributed by atoms with E-state index in [1.807, 2.05) is 6.07 Å². The standard InChI is InChI=1S/C15H13F2N5O3S/c1-15(17,8-23)22-7-10(6-20-22)26(24,25)21-12-3-2-11(16)13-9(4-18)5-19-14(12)13/h2-3,5-7,19,21,23H,8H2,1H3. The van der Waals surface area contributed by atoms with Crippen LogP contribution >= 0.6 is 0 Å². The summed E-state index contributed by atoms with van der Waals surface area (Å²) in [6.07, 6.45) is 3.11. The molecule has 0 aliphatic rings. The van der Waals surface area contributed by atoms with Gasteiger partial charge in [-0.25, -0.2) is 21.9 Å². The van der Waals surface area contributed by atoms with Gasteiger partial charge in [0.15, 0.2) is 0 Å². The number of alkyl halides is 1. The number of nitrogens with one attached hydrogen (secondary N) is 2. The van der Waals surface area contributed by atoms with Gasteiger partial charge in [-0.1, -0.05) is 0 Å². The topological polar surface area (TPSA) is 124 Å². The number of nitriles is 1. The van der Waals surface area contributed by atoms with Crippen LogP contribution < -0.4 is 4.72 Å². The Morgan fingerprint density at radius 2 is 2.23 bits per heavy atom. The van der Waals surface area contributed by atoms with Crippen LogP contribution in [0, 0.1) is 17.1 Å². The maximum atomic E-state index is 14.0. The molecular formula is C15H13F2N5O3S. The van der Waals surface area contributed by atoms with Crippen molar-refractivity contribution in [3.05, 3.63) is 42.1 Å². The highest BCUT2D eigenvalue weighted by Gasteiger charge is 2.28. The molecule has 3 rings (SSSR count). The molecule has 0 fully saturated rings. The lowest BCUT2D eigenvalue weighted by Crippen LogP contribution is -2.29. The number of aliphatic hydroxyl groups excluding tert-OH is 1. The summed E-state index contributed by atoms with van der Waals surface area (Å²) in [6, 6.07) is 4.04. The SMILES string of the molecule is CC(F)(CO)n1cc(S(=O)(=O)Nc2ccc(F)c3c(C#N)c[nH]c23)cn1. The van der Waals surface area contributed by atoms with E-state index in [1.165, 1.54) is 12.3 Å². The van der Waals surface area contributed by atoms with Gasteiger partial charge in [-0.05, 0) is 19.1 Å². The number of rotatable bonds is 5. The van der Waals surface area contributed by atoms with E-state index in [-0.39, 0.29) is 27.0 Å². The second-order valence-corrected chi connectivity index (χ2v) is 7.37. The molecule has 8 nitrogen and oxygen atoms in total. The fourth-order valence-electron chi connectivity index (χ4n) is 2.36. The van der Waals surface area contributed by atoms with E-state index in [0.29, 0.717) is 4.68 Å². The van der Waals surface area contributed by atoms with Crippen molar-refractivity contribution in [3.8, 4) is 6.07 Å². The van der Waals surface area contributed by atoms with Crippen LogP contribution in [0.15, 0.2) is 35.6 Å². The first-order chi connectivity index (χ1) is 12.2. The van der Waals surface area contributed by atoms with Gasteiger partial charge in [0.1, 0.15) is 16.8 Å². The van der Waals surface area contributed by atoms with E-state index in [1.54, 1.807) is 0 Å². The highest BCUT2D eigenvalue weighted by atomic mass is 32.2. The van der Waals surface area contributed by atoms with E-state index in [2.05, 4.69) is 14.8 Å². The van der Waals surface area contributed by atoms with Crippen molar-refractivity contribution >= 4 is 26.6 Å². The molecule has 2 heterocycles. The predicted molar refractivity (Wildman–Crippen MR) is 87.8 cm³/mol. The molecule has 3 N–H and O–H groups in total. The van der Waals surface area contributed by atoms with Crippen LogP contribution in [0.25, 0.3) is 10.9 Å². The molecule has 0 bridgehead atoms. The molecule has 3 aromatic rings. The van der Waals surface area contributed by atoms with Crippen molar-refractivity contribution in [2.24, 2.45) is 0 Å². The molecule has 26 heavy (non-hydrogen) atoms. The van der Waals surface area contributed by atoms with E-state index in [9.17, 15) is 17.2 Å². The molecule has 11 heteroatoms. The van der Waals surface area contributed by atoms with Crippen molar-refractivity contribution < 1.29 is 22.3 Å². The second kappa shape index (κ2) is 6.08. The number of halogens is 2. The Balaban J connectivity index is 2.01. The van der Waals surface area contributed by atoms with Crippen molar-refractivity contribution in [2.75, 3.05) is 11.3 Å². The van der Waals surface area contributed by atoms with E-state index < -0.39 is 28.2 Å². The summed E-state index contributed by atoms with van der Waals surface area (Å²) in [5.41, 5.74) is 0.145. The summed E-state index contributed by atoms with van der Waals surface area (Å²) in [5.74, 6) is -2.94. The number of H-pyrrole nitrogens is 1. The number of aromatic nitrogens is 3. The first-order valence-corrected chi connectivity index (χ1v) is 8.75. The second-order valence-electron chi connectivity index (χ2n) is 5.69. The first kappa shape index (κ1) is 17.8. The minimum absolute atomic E-state index is 0.0146. The van der Waals surface area contributed by atoms with Gasteiger partial charge in [-0.15, -0.1) is 0 Å². The zero-order chi connectivity index (χ0) is 19.1. The molecule has 1 aromatic carbocycles. The average Bonchev–Trinajstić information content (AvgIpc) is 3.25. The summed E-state index contributed by atoms with van der Waals surface area (Å²) in [7, 11) is -4.17. The number of anilines is 1. The van der Waals surface area contributed by atoms with Crippen LogP contribution in [0.4, 0.5) is 14.5 Å². The molecule has 1 unspecified atom stereocenters. The van der Waals surface area contributed by atoms with Crippen LogP contribution in [-0.4, -0.2) is 34.9 Å². The molecule has 0 aliphatic carbocycles. The number of aromatic amines is 1. The Labute approximate surface area is 146 Å². The molecule has 0 saturated heterocycles. The van der Waals surface area contributed by atoms with E-state index in [4.69, 9.17) is 10.4 Å². The lowest BCUT2D eigenvalue weighted by atomic mass is 10.1. The lowest BCUT2D eigenvalue weighted by Gasteiger charge is -2.17. The monoisotopic (exact) mass is 381 g/mol. The molecule has 0 saturated carbocycles. The molecule has 1 atom stereocenters. The minimum atomic E-state index is -4.17. The van der Waals surface area contributed by atoms with Gasteiger partial charge in [0, 0.05) is 12.4 Å². The normalized spacial score (nSPS) is 14.1. The van der Waals surface area contributed by atoms with Gasteiger partial charge in [0.2, 0.25) is 5.79 Å². The summed E-state index contributed by atoms with van der Waals surface area (Å²) in [5, 5.41) is 21.6. The molecule has 0 spiro atoms. The fraction of sp³-hybridized carbons (Fsp3) is 0.200. The van der Waals surface area contributed by atoms with Gasteiger partial charge in [0.25, 0.3) is 10.0 Å². The summed E-state index contributed by atoms with van der Waals surface area (Å²) >= 11 is 0. The molecule has 0 amide bonds. The quantitative estimate of drug-likeness (QED) is 0.622. The largest absolute Gasteiger partial charge is 0.391 e. The van der Waals surface area contributed by atoms with Crippen molar-refractivity contribution in [1.82, 2.24) is 14.8 Å². The lowest BCUT2D eigenvalue weighted by molar-refractivity contribution is 0.00758. The third-order valence-corrected chi connectivity index (χ3v) is 5.10. The van der Waals surface area contributed by atoms with E-state index in [0.717, 1.165) is 25.4 Å². The summed E-state index contributed by atoms with van der Waals surface area (Å²) < 4.78 is 55.9. The summed E-state index contributed by atoms with van der Waals surface area (Å²) in [4.78, 5) is 2.31. The Bertz CT molecular complexity index is 1130. The van der Waals surface area contributed by atoms with Crippen LogP contribution in [0.5, 0.6) is 0 Å². The van der Waals surface area contributed by atoms with Crippen LogP contribution in [0.2, 0.25) is 0 Å². The van der Waals surface area contributed by atoms with Gasteiger partial charge < -0.3 is 10.1 Å². The number of benzene rings is 1. The van der Waals surface area contributed by atoms with Crippen molar-refractivity contribution in [3.63, 3.8) is 0 Å². The van der Waals surface area contributed by atoms with Gasteiger partial charge >= 0.3 is 0 Å². The van der Waals surface area contributed by atoms with Crippen molar-refractivity contribution in [1.29, 1.82) is 5.26 Å². The fourth-order valence-corrected chi connectivity index (χ4v) is 3.36. The predicted octanol–water partition coefficient (Wildman–Crippen LogP) is 1.81. The first-order valence-electron chi connectivity index (χ1n) is 7.27. The smallest absolute Gasteiger partial charge is 0.265 e. The number of aliphatic hydroxyl groups is 1.